The number of amides is 1. The lowest BCUT2D eigenvalue weighted by molar-refractivity contribution is 0.0510. The van der Waals surface area contributed by atoms with Crippen LogP contribution in [0.1, 0.15) is 29.5 Å². The number of rotatable bonds is 5. The third-order valence-electron chi connectivity index (χ3n) is 2.56. The first-order chi connectivity index (χ1) is 10.0. The molecule has 2 aromatic heterocycles. The summed E-state index contributed by atoms with van der Waals surface area (Å²) in [5, 5.41) is 10.6. The van der Waals surface area contributed by atoms with Gasteiger partial charge in [0.25, 0.3) is 5.91 Å². The van der Waals surface area contributed by atoms with Crippen LogP contribution in [-0.4, -0.2) is 31.7 Å². The number of carbonyl (C=O) groups is 1. The molecule has 0 aromatic carbocycles. The molecule has 0 saturated heterocycles. The van der Waals surface area contributed by atoms with E-state index in [-0.39, 0.29) is 15.9 Å². The van der Waals surface area contributed by atoms with E-state index < -0.39 is 18.4 Å². The largest absolute Gasteiger partial charge is 0.333 e. The maximum atomic E-state index is 13.6. The Balaban J connectivity index is 2.05. The molecule has 0 bridgehead atoms. The molecule has 0 fully saturated rings. The first-order valence-electron chi connectivity index (χ1n) is 5.91. The summed E-state index contributed by atoms with van der Waals surface area (Å²) in [6.45, 7) is -0.880. The molecule has 0 spiro atoms. The summed E-state index contributed by atoms with van der Waals surface area (Å²) in [6.07, 6.45) is 3.34. The van der Waals surface area contributed by atoms with Gasteiger partial charge in [-0.15, -0.1) is 0 Å². The minimum absolute atomic E-state index is 0.0690. The van der Waals surface area contributed by atoms with Crippen molar-refractivity contribution in [2.24, 2.45) is 5.10 Å². The van der Waals surface area contributed by atoms with Crippen LogP contribution < -0.4 is 5.43 Å². The van der Waals surface area contributed by atoms with E-state index in [0.29, 0.717) is 6.54 Å². The zero-order valence-electron chi connectivity index (χ0n) is 10.9. The number of halogens is 3. The summed E-state index contributed by atoms with van der Waals surface area (Å²) in [5.41, 5.74) is 1.73. The SMILES string of the molecule is CCn1ncc(/C=N\NC(=O)c2ccnn2C(F)F)c1F. The molecule has 21 heavy (non-hydrogen) atoms. The van der Waals surface area contributed by atoms with Gasteiger partial charge in [-0.25, -0.2) is 10.1 Å². The van der Waals surface area contributed by atoms with E-state index in [2.05, 4.69) is 15.3 Å². The number of hydrazone groups is 1. The van der Waals surface area contributed by atoms with Crippen molar-refractivity contribution in [2.45, 2.75) is 20.0 Å². The Labute approximate surface area is 117 Å². The number of hydrogen-bond donors (Lipinski definition) is 1. The van der Waals surface area contributed by atoms with Crippen LogP contribution in [0.25, 0.3) is 0 Å². The zero-order valence-corrected chi connectivity index (χ0v) is 10.9. The lowest BCUT2D eigenvalue weighted by Crippen LogP contribution is -2.22. The second kappa shape index (κ2) is 6.20. The van der Waals surface area contributed by atoms with Gasteiger partial charge in [0, 0.05) is 12.7 Å². The molecular formula is C11H11F3N6O. The fourth-order valence-corrected chi connectivity index (χ4v) is 1.56. The summed E-state index contributed by atoms with van der Waals surface area (Å²) in [4.78, 5) is 11.6. The molecule has 112 valence electrons. The van der Waals surface area contributed by atoms with Crippen LogP contribution in [0.4, 0.5) is 13.2 Å². The van der Waals surface area contributed by atoms with E-state index in [1.807, 2.05) is 5.43 Å². The molecule has 1 amide bonds. The lowest BCUT2D eigenvalue weighted by atomic mass is 10.4. The van der Waals surface area contributed by atoms with Crippen LogP contribution in [0.5, 0.6) is 0 Å². The number of aromatic nitrogens is 4. The molecular weight excluding hydrogens is 289 g/mol. The molecule has 2 heterocycles. The van der Waals surface area contributed by atoms with Crippen molar-refractivity contribution in [1.29, 1.82) is 0 Å². The van der Waals surface area contributed by atoms with E-state index in [1.54, 1.807) is 6.92 Å². The minimum atomic E-state index is -2.94. The van der Waals surface area contributed by atoms with Gasteiger partial charge in [-0.05, 0) is 13.0 Å². The summed E-state index contributed by atoms with van der Waals surface area (Å²) >= 11 is 0. The van der Waals surface area contributed by atoms with E-state index in [0.717, 1.165) is 23.2 Å². The van der Waals surface area contributed by atoms with Gasteiger partial charge < -0.3 is 0 Å². The smallest absolute Gasteiger partial charge is 0.266 e. The van der Waals surface area contributed by atoms with Crippen molar-refractivity contribution in [3.8, 4) is 0 Å². The highest BCUT2D eigenvalue weighted by molar-refractivity contribution is 5.93. The molecule has 0 aliphatic carbocycles. The van der Waals surface area contributed by atoms with Gasteiger partial charge in [0.2, 0.25) is 5.95 Å². The lowest BCUT2D eigenvalue weighted by Gasteiger charge is -2.03. The van der Waals surface area contributed by atoms with E-state index in [9.17, 15) is 18.0 Å². The van der Waals surface area contributed by atoms with Gasteiger partial charge in [-0.3, -0.25) is 4.79 Å². The van der Waals surface area contributed by atoms with Gasteiger partial charge in [0.05, 0.1) is 18.0 Å². The molecule has 2 rings (SSSR count). The third-order valence-corrected chi connectivity index (χ3v) is 2.56. The molecule has 2 aromatic rings. The molecule has 0 saturated carbocycles. The van der Waals surface area contributed by atoms with Gasteiger partial charge in [-0.1, -0.05) is 0 Å². The van der Waals surface area contributed by atoms with Gasteiger partial charge >= 0.3 is 6.55 Å². The standard InChI is InChI=1S/C11H11F3N6O/c1-2-19-9(12)7(6-17-19)5-15-18-10(21)8-3-4-16-20(8)11(13)14/h3-6,11H,2H2,1H3,(H,18,21)/b15-5-. The number of alkyl halides is 2. The monoisotopic (exact) mass is 300 g/mol. The zero-order chi connectivity index (χ0) is 15.4. The van der Waals surface area contributed by atoms with Crippen molar-refractivity contribution in [3.63, 3.8) is 0 Å². The van der Waals surface area contributed by atoms with Crippen LogP contribution in [-0.2, 0) is 6.54 Å². The average Bonchev–Trinajstić information content (AvgIpc) is 3.06. The Hall–Kier alpha value is -2.65. The van der Waals surface area contributed by atoms with Crippen LogP contribution >= 0.6 is 0 Å². The number of nitrogens with one attached hydrogen (secondary N) is 1. The maximum absolute atomic E-state index is 13.6. The van der Waals surface area contributed by atoms with E-state index >= 15 is 0 Å². The van der Waals surface area contributed by atoms with Crippen LogP contribution in [0, 0.1) is 5.95 Å². The molecule has 0 aliphatic heterocycles. The Morgan fingerprint density at radius 1 is 1.52 bits per heavy atom. The molecule has 0 aliphatic rings. The third kappa shape index (κ3) is 3.09. The predicted molar refractivity (Wildman–Crippen MR) is 66.4 cm³/mol. The number of nitrogens with zero attached hydrogens (tertiary/aromatic N) is 5. The highest BCUT2D eigenvalue weighted by atomic mass is 19.3. The van der Waals surface area contributed by atoms with Crippen LogP contribution in [0.2, 0.25) is 0 Å². The number of carbonyl (C=O) groups excluding carboxylic acids is 1. The summed E-state index contributed by atoms with van der Waals surface area (Å²) < 4.78 is 40.0. The fraction of sp³-hybridized carbons (Fsp3) is 0.273. The summed E-state index contributed by atoms with van der Waals surface area (Å²) in [6, 6.07) is 1.12. The topological polar surface area (TPSA) is 77.1 Å². The van der Waals surface area contributed by atoms with Crippen molar-refractivity contribution in [1.82, 2.24) is 25.0 Å². The highest BCUT2D eigenvalue weighted by Crippen LogP contribution is 2.11. The molecule has 7 nitrogen and oxygen atoms in total. The maximum Gasteiger partial charge on any atom is 0.333 e. The van der Waals surface area contributed by atoms with Crippen molar-refractivity contribution in [2.75, 3.05) is 0 Å². The Morgan fingerprint density at radius 3 is 2.90 bits per heavy atom. The normalized spacial score (nSPS) is 11.5. The van der Waals surface area contributed by atoms with E-state index in [1.165, 1.54) is 6.20 Å². The Kier molecular flexibility index (Phi) is 4.36. The molecule has 10 heteroatoms. The average molecular weight is 300 g/mol. The molecule has 0 atom stereocenters. The minimum Gasteiger partial charge on any atom is -0.266 e. The summed E-state index contributed by atoms with van der Waals surface area (Å²) in [5.74, 6) is -1.49. The molecule has 1 N–H and O–H groups in total. The Morgan fingerprint density at radius 2 is 2.29 bits per heavy atom. The van der Waals surface area contributed by atoms with Crippen molar-refractivity contribution >= 4 is 12.1 Å². The molecule has 0 unspecified atom stereocenters. The van der Waals surface area contributed by atoms with E-state index in [4.69, 9.17) is 0 Å². The number of aryl methyl sites for hydroxylation is 1. The van der Waals surface area contributed by atoms with Crippen molar-refractivity contribution in [3.05, 3.63) is 35.7 Å². The number of hydrogen-bond acceptors (Lipinski definition) is 4. The fourth-order valence-electron chi connectivity index (χ4n) is 1.56. The van der Waals surface area contributed by atoms with Crippen LogP contribution in [0.3, 0.4) is 0 Å². The van der Waals surface area contributed by atoms with Gasteiger partial charge in [0.1, 0.15) is 5.69 Å². The second-order valence-corrected chi connectivity index (χ2v) is 3.84. The first kappa shape index (κ1) is 14.8. The summed E-state index contributed by atoms with van der Waals surface area (Å²) in [7, 11) is 0. The van der Waals surface area contributed by atoms with Crippen molar-refractivity contribution < 1.29 is 18.0 Å². The first-order valence-corrected chi connectivity index (χ1v) is 5.91. The highest BCUT2D eigenvalue weighted by Gasteiger charge is 2.17. The molecule has 0 radical (unpaired) electrons. The van der Waals surface area contributed by atoms with Gasteiger partial charge in [-0.2, -0.15) is 33.2 Å². The second-order valence-electron chi connectivity index (χ2n) is 3.84. The van der Waals surface area contributed by atoms with Gasteiger partial charge in [0.15, 0.2) is 0 Å². The predicted octanol–water partition coefficient (Wildman–Crippen LogP) is 1.40. The van der Waals surface area contributed by atoms with Crippen LogP contribution in [0.15, 0.2) is 23.6 Å². The Bertz CT molecular complexity index is 663. The quantitative estimate of drug-likeness (QED) is 0.669.